The summed E-state index contributed by atoms with van der Waals surface area (Å²) < 4.78 is 13.0. The number of hydrogen-bond acceptors (Lipinski definition) is 7. The van der Waals surface area contributed by atoms with Gasteiger partial charge in [-0.25, -0.2) is 4.68 Å². The fourth-order valence-corrected chi connectivity index (χ4v) is 3.97. The number of ether oxygens (including phenoxy) is 2. The van der Waals surface area contributed by atoms with Crippen molar-refractivity contribution in [3.8, 4) is 11.5 Å². The van der Waals surface area contributed by atoms with Crippen molar-refractivity contribution in [2.24, 2.45) is 0 Å². The van der Waals surface area contributed by atoms with Gasteiger partial charge in [0.05, 0.1) is 11.8 Å². The van der Waals surface area contributed by atoms with Crippen LogP contribution in [0, 0.1) is 0 Å². The molecular weight excluding hydrogens is 414 g/mol. The number of nitrogen functional groups attached to an aromatic ring is 1. The number of nitrogens with two attached hydrogens (primary N) is 1. The van der Waals surface area contributed by atoms with E-state index in [1.807, 2.05) is 43.3 Å². The molecule has 0 fully saturated rings. The number of benzene rings is 2. The molecule has 1 aromatic heterocycles. The van der Waals surface area contributed by atoms with E-state index >= 15 is 0 Å². The highest BCUT2D eigenvalue weighted by atomic mass is 32.2. The molecule has 1 amide bonds. The van der Waals surface area contributed by atoms with Crippen LogP contribution in [0.4, 0.5) is 0 Å². The van der Waals surface area contributed by atoms with Crippen LogP contribution in [-0.4, -0.2) is 33.1 Å². The van der Waals surface area contributed by atoms with Gasteiger partial charge in [-0.2, -0.15) is 0 Å². The van der Waals surface area contributed by atoms with E-state index in [2.05, 4.69) is 34.6 Å². The molecule has 9 heteroatoms. The summed E-state index contributed by atoms with van der Waals surface area (Å²) in [7, 11) is 0. The van der Waals surface area contributed by atoms with Gasteiger partial charge < -0.3 is 20.6 Å². The van der Waals surface area contributed by atoms with Gasteiger partial charge >= 0.3 is 0 Å². The van der Waals surface area contributed by atoms with E-state index in [1.165, 1.54) is 22.0 Å². The molecule has 0 unspecified atom stereocenters. The molecule has 2 heterocycles. The number of nitrogens with zero attached hydrogens (tertiary/aromatic N) is 3. The average molecular weight is 440 g/mol. The number of aryl methyl sites for hydroxylation is 1. The molecule has 2 aromatic carbocycles. The third kappa shape index (κ3) is 4.77. The molecule has 3 N–H and O–H groups in total. The summed E-state index contributed by atoms with van der Waals surface area (Å²) in [6, 6.07) is 15.6. The maximum atomic E-state index is 12.4. The summed E-state index contributed by atoms with van der Waals surface area (Å²) in [4.78, 5) is 12.4. The Morgan fingerprint density at radius 3 is 2.71 bits per heavy atom. The monoisotopic (exact) mass is 439 g/mol. The minimum absolute atomic E-state index is 0.0850. The lowest BCUT2D eigenvalue weighted by molar-refractivity contribution is -0.119. The summed E-state index contributed by atoms with van der Waals surface area (Å²) in [6.45, 7) is 4.36. The Kier molecular flexibility index (Phi) is 6.31. The van der Waals surface area contributed by atoms with Crippen molar-refractivity contribution in [1.29, 1.82) is 0 Å². The van der Waals surface area contributed by atoms with Crippen molar-refractivity contribution in [3.63, 3.8) is 0 Å². The number of para-hydroxylation sites is 2. The molecule has 8 nitrogen and oxygen atoms in total. The largest absolute Gasteiger partial charge is 0.485 e. The number of amides is 1. The Labute approximate surface area is 185 Å². The van der Waals surface area contributed by atoms with Crippen LogP contribution in [0.1, 0.15) is 42.9 Å². The number of thioether (sulfide) groups is 1. The van der Waals surface area contributed by atoms with Crippen molar-refractivity contribution in [3.05, 3.63) is 65.5 Å². The second kappa shape index (κ2) is 9.30. The lowest BCUT2D eigenvalue weighted by atomic mass is 10.1. The number of nitrogens with one attached hydrogen (secondary N) is 1. The second-order valence-corrected chi connectivity index (χ2v) is 8.19. The number of hydrogen-bond donors (Lipinski definition) is 2. The van der Waals surface area contributed by atoms with Crippen LogP contribution in [0.25, 0.3) is 0 Å². The second-order valence-electron chi connectivity index (χ2n) is 7.25. The molecular formula is C22H25N5O3S. The molecule has 0 spiro atoms. The predicted octanol–water partition coefficient (Wildman–Crippen LogP) is 3.04. The summed E-state index contributed by atoms with van der Waals surface area (Å²) in [5.41, 5.74) is 2.33. The molecule has 0 bridgehead atoms. The van der Waals surface area contributed by atoms with Gasteiger partial charge in [-0.3, -0.25) is 4.79 Å². The maximum absolute atomic E-state index is 12.4. The number of carbonyl (C=O) groups excluding carboxylic acids is 1. The van der Waals surface area contributed by atoms with E-state index < -0.39 is 6.10 Å². The molecule has 0 saturated heterocycles. The van der Waals surface area contributed by atoms with Gasteiger partial charge in [-0.05, 0) is 36.6 Å². The topological polar surface area (TPSA) is 104 Å². The molecule has 1 aliphatic heterocycles. The van der Waals surface area contributed by atoms with Crippen LogP contribution in [0.15, 0.2) is 53.7 Å². The summed E-state index contributed by atoms with van der Waals surface area (Å²) >= 11 is 1.22. The van der Waals surface area contributed by atoms with Crippen molar-refractivity contribution in [2.75, 3.05) is 18.2 Å². The van der Waals surface area contributed by atoms with Crippen LogP contribution in [0.5, 0.6) is 11.5 Å². The molecule has 31 heavy (non-hydrogen) atoms. The van der Waals surface area contributed by atoms with E-state index in [9.17, 15) is 4.79 Å². The van der Waals surface area contributed by atoms with E-state index in [0.717, 1.165) is 12.0 Å². The number of fused-ring (bicyclic) bond motifs is 1. The van der Waals surface area contributed by atoms with Crippen LogP contribution in [0.2, 0.25) is 0 Å². The standard InChI is InChI=1S/C22H25N5O3S/c1-3-15-8-10-16(11-9-15)14(2)24-20(28)13-31-22-26-25-21(27(22)23)19-12-29-17-6-4-5-7-18(17)30-19/h4-11,14,19H,3,12-13,23H2,1-2H3,(H,24,28)/t14-,19+/m0/s1. The third-order valence-electron chi connectivity index (χ3n) is 5.09. The summed E-state index contributed by atoms with van der Waals surface area (Å²) in [5, 5.41) is 11.7. The first kappa shape index (κ1) is 21.0. The molecule has 4 rings (SSSR count). The van der Waals surface area contributed by atoms with Gasteiger partial charge in [-0.1, -0.05) is 55.1 Å². The van der Waals surface area contributed by atoms with Crippen molar-refractivity contribution < 1.29 is 14.3 Å². The zero-order valence-electron chi connectivity index (χ0n) is 17.4. The highest BCUT2D eigenvalue weighted by molar-refractivity contribution is 7.99. The van der Waals surface area contributed by atoms with E-state index in [4.69, 9.17) is 15.3 Å². The Hall–Kier alpha value is -3.20. The molecule has 2 atom stereocenters. The van der Waals surface area contributed by atoms with Crippen LogP contribution >= 0.6 is 11.8 Å². The fraction of sp³-hybridized carbons (Fsp3) is 0.318. The Bertz CT molecular complexity index is 1050. The summed E-state index contributed by atoms with van der Waals surface area (Å²) in [5.74, 6) is 8.01. The number of aromatic nitrogens is 3. The third-order valence-corrected chi connectivity index (χ3v) is 6.03. The van der Waals surface area contributed by atoms with Crippen LogP contribution < -0.4 is 20.6 Å². The Balaban J connectivity index is 1.33. The zero-order valence-corrected chi connectivity index (χ0v) is 18.3. The molecule has 3 aromatic rings. The van der Waals surface area contributed by atoms with Gasteiger partial charge in [0, 0.05) is 0 Å². The Morgan fingerprint density at radius 2 is 1.97 bits per heavy atom. The molecule has 0 saturated carbocycles. The number of carbonyl (C=O) groups is 1. The van der Waals surface area contributed by atoms with Gasteiger partial charge in [0.1, 0.15) is 6.61 Å². The van der Waals surface area contributed by atoms with E-state index in [0.29, 0.717) is 22.5 Å². The van der Waals surface area contributed by atoms with Gasteiger partial charge in [-0.15, -0.1) is 10.2 Å². The lowest BCUT2D eigenvalue weighted by Gasteiger charge is -2.25. The predicted molar refractivity (Wildman–Crippen MR) is 119 cm³/mol. The highest BCUT2D eigenvalue weighted by Gasteiger charge is 2.28. The van der Waals surface area contributed by atoms with Gasteiger partial charge in [0.25, 0.3) is 0 Å². The quantitative estimate of drug-likeness (QED) is 0.431. The van der Waals surface area contributed by atoms with E-state index in [1.54, 1.807) is 0 Å². The molecule has 162 valence electrons. The summed E-state index contributed by atoms with van der Waals surface area (Å²) in [6.07, 6.45) is 0.519. The molecule has 1 aliphatic rings. The van der Waals surface area contributed by atoms with Crippen LogP contribution in [0.3, 0.4) is 0 Å². The first-order valence-electron chi connectivity index (χ1n) is 10.1. The SMILES string of the molecule is CCc1ccc([C@H](C)NC(=O)CSc2nnc([C@H]3COc4ccccc4O3)n2N)cc1. The van der Waals surface area contributed by atoms with Gasteiger partial charge in [0.15, 0.2) is 23.4 Å². The maximum Gasteiger partial charge on any atom is 0.230 e. The number of rotatable bonds is 7. The molecule has 0 radical (unpaired) electrons. The minimum atomic E-state index is -0.471. The van der Waals surface area contributed by atoms with Crippen molar-refractivity contribution in [2.45, 2.75) is 37.6 Å². The Morgan fingerprint density at radius 1 is 1.23 bits per heavy atom. The fourth-order valence-electron chi connectivity index (χ4n) is 3.29. The smallest absolute Gasteiger partial charge is 0.230 e. The lowest BCUT2D eigenvalue weighted by Crippen LogP contribution is -2.29. The zero-order chi connectivity index (χ0) is 21.8. The van der Waals surface area contributed by atoms with Gasteiger partial charge in [0.2, 0.25) is 11.1 Å². The first-order valence-corrected chi connectivity index (χ1v) is 11.1. The van der Waals surface area contributed by atoms with E-state index in [-0.39, 0.29) is 24.3 Å². The normalized spacial score (nSPS) is 16.0. The van der Waals surface area contributed by atoms with Crippen LogP contribution in [-0.2, 0) is 11.2 Å². The highest BCUT2D eigenvalue weighted by Crippen LogP contribution is 2.35. The first-order chi connectivity index (χ1) is 15.0. The minimum Gasteiger partial charge on any atom is -0.485 e. The molecule has 0 aliphatic carbocycles. The van der Waals surface area contributed by atoms with Crippen molar-refractivity contribution >= 4 is 17.7 Å². The average Bonchev–Trinajstić information content (AvgIpc) is 3.17. The van der Waals surface area contributed by atoms with Crippen molar-refractivity contribution in [1.82, 2.24) is 20.2 Å².